The molecule has 104 valence electrons. The molecule has 0 bridgehead atoms. The van der Waals surface area contributed by atoms with Gasteiger partial charge >= 0.3 is 0 Å². The third kappa shape index (κ3) is 3.91. The average molecular weight is 284 g/mol. The van der Waals surface area contributed by atoms with Gasteiger partial charge in [-0.15, -0.1) is 0 Å². The standard InChI is InChI=1S/C18H20OS/c1-2-8-16-11-6-7-12-18(16)19-13-17(14-20)15-9-4-3-5-10-15/h2-12,17,20H,13-14H2,1H3/b8-2+. The number of benzene rings is 2. The molecule has 1 nitrogen and oxygen atoms in total. The number of ether oxygens (including phenoxy) is 1. The molecule has 0 amide bonds. The van der Waals surface area contributed by atoms with E-state index in [0.29, 0.717) is 12.5 Å². The fraction of sp³-hybridized carbons (Fsp3) is 0.222. The number of hydrogen-bond acceptors (Lipinski definition) is 2. The molecule has 2 rings (SSSR count). The van der Waals surface area contributed by atoms with E-state index in [2.05, 4.69) is 49.0 Å². The molecule has 2 aromatic rings. The van der Waals surface area contributed by atoms with Gasteiger partial charge < -0.3 is 4.74 Å². The van der Waals surface area contributed by atoms with Crippen LogP contribution in [-0.4, -0.2) is 12.4 Å². The molecule has 0 aliphatic rings. The van der Waals surface area contributed by atoms with Crippen LogP contribution in [0.25, 0.3) is 6.08 Å². The normalized spacial score (nSPS) is 12.5. The Hall–Kier alpha value is -1.67. The lowest BCUT2D eigenvalue weighted by Crippen LogP contribution is -2.12. The molecule has 2 aromatic carbocycles. The Morgan fingerprint density at radius 2 is 1.75 bits per heavy atom. The van der Waals surface area contributed by atoms with Crippen LogP contribution in [-0.2, 0) is 0 Å². The van der Waals surface area contributed by atoms with E-state index in [-0.39, 0.29) is 0 Å². The molecule has 20 heavy (non-hydrogen) atoms. The van der Waals surface area contributed by atoms with E-state index >= 15 is 0 Å². The molecule has 0 fully saturated rings. The number of allylic oxidation sites excluding steroid dienone is 1. The minimum atomic E-state index is 0.304. The molecule has 0 aromatic heterocycles. The lowest BCUT2D eigenvalue weighted by molar-refractivity contribution is 0.297. The quantitative estimate of drug-likeness (QED) is 0.749. The monoisotopic (exact) mass is 284 g/mol. The van der Waals surface area contributed by atoms with Gasteiger partial charge in [-0.1, -0.05) is 60.7 Å². The third-order valence-corrected chi connectivity index (χ3v) is 3.64. The van der Waals surface area contributed by atoms with Crippen LogP contribution in [0.15, 0.2) is 60.7 Å². The summed E-state index contributed by atoms with van der Waals surface area (Å²) in [7, 11) is 0. The molecule has 0 N–H and O–H groups in total. The zero-order valence-electron chi connectivity index (χ0n) is 11.7. The molecule has 2 heteroatoms. The maximum absolute atomic E-state index is 6.00. The van der Waals surface area contributed by atoms with E-state index in [1.165, 1.54) is 5.56 Å². The molecule has 1 atom stereocenters. The molecule has 0 saturated heterocycles. The molecule has 0 aliphatic carbocycles. The first-order valence-electron chi connectivity index (χ1n) is 6.85. The predicted octanol–water partition coefficient (Wildman–Crippen LogP) is 4.81. The van der Waals surface area contributed by atoms with Gasteiger partial charge in [-0.3, -0.25) is 0 Å². The van der Waals surface area contributed by atoms with Crippen LogP contribution < -0.4 is 4.74 Å². The summed E-state index contributed by atoms with van der Waals surface area (Å²) in [5.74, 6) is 2.00. The third-order valence-electron chi connectivity index (χ3n) is 3.20. The topological polar surface area (TPSA) is 9.23 Å². The predicted molar refractivity (Wildman–Crippen MR) is 89.7 cm³/mol. The largest absolute Gasteiger partial charge is 0.492 e. The molecular weight excluding hydrogens is 264 g/mol. The van der Waals surface area contributed by atoms with Crippen molar-refractivity contribution in [3.05, 3.63) is 71.8 Å². The van der Waals surface area contributed by atoms with Gasteiger partial charge in [0.1, 0.15) is 5.75 Å². The Bertz CT molecular complexity index is 548. The van der Waals surface area contributed by atoms with E-state index in [9.17, 15) is 0 Å². The number of para-hydroxylation sites is 1. The van der Waals surface area contributed by atoms with Gasteiger partial charge in [0, 0.05) is 17.2 Å². The number of rotatable bonds is 6. The number of thiol groups is 1. The van der Waals surface area contributed by atoms with Crippen LogP contribution in [0.3, 0.4) is 0 Å². The molecule has 1 unspecified atom stereocenters. The highest BCUT2D eigenvalue weighted by atomic mass is 32.1. The molecule has 0 heterocycles. The molecule has 0 saturated carbocycles. The van der Waals surface area contributed by atoms with Gasteiger partial charge in [0.25, 0.3) is 0 Å². The van der Waals surface area contributed by atoms with Crippen molar-refractivity contribution in [1.82, 2.24) is 0 Å². The SMILES string of the molecule is C/C=C/c1ccccc1OCC(CS)c1ccccc1. The summed E-state index contributed by atoms with van der Waals surface area (Å²) in [6.45, 7) is 2.65. The first-order valence-corrected chi connectivity index (χ1v) is 7.48. The van der Waals surface area contributed by atoms with Crippen molar-refractivity contribution in [3.8, 4) is 5.75 Å². The average Bonchev–Trinajstić information content (AvgIpc) is 2.51. The van der Waals surface area contributed by atoms with Crippen molar-refractivity contribution in [2.45, 2.75) is 12.8 Å². The Balaban J connectivity index is 2.07. The maximum atomic E-state index is 6.00. The highest BCUT2D eigenvalue weighted by Gasteiger charge is 2.11. The van der Waals surface area contributed by atoms with Gasteiger partial charge in [0.2, 0.25) is 0 Å². The van der Waals surface area contributed by atoms with Crippen LogP contribution in [0.5, 0.6) is 5.75 Å². The van der Waals surface area contributed by atoms with E-state index < -0.39 is 0 Å². The Morgan fingerprint density at radius 1 is 1.05 bits per heavy atom. The lowest BCUT2D eigenvalue weighted by Gasteiger charge is -2.17. The lowest BCUT2D eigenvalue weighted by atomic mass is 10.0. The van der Waals surface area contributed by atoms with Gasteiger partial charge in [0.05, 0.1) is 6.61 Å². The zero-order chi connectivity index (χ0) is 14.2. The molecule has 0 spiro atoms. The van der Waals surface area contributed by atoms with Crippen molar-refractivity contribution in [2.24, 2.45) is 0 Å². The summed E-state index contributed by atoms with van der Waals surface area (Å²) in [6.07, 6.45) is 4.09. The molecule has 0 radical (unpaired) electrons. The molecule has 0 aliphatic heterocycles. The van der Waals surface area contributed by atoms with Gasteiger partial charge in [-0.2, -0.15) is 12.6 Å². The molecular formula is C18H20OS. The summed E-state index contributed by atoms with van der Waals surface area (Å²) in [5.41, 5.74) is 2.38. The van der Waals surface area contributed by atoms with Crippen molar-refractivity contribution in [1.29, 1.82) is 0 Å². The second kappa shape index (κ2) is 7.81. The minimum Gasteiger partial charge on any atom is -0.492 e. The van der Waals surface area contributed by atoms with Crippen LogP contribution in [0.1, 0.15) is 24.0 Å². The summed E-state index contributed by atoms with van der Waals surface area (Å²) in [5, 5.41) is 0. The van der Waals surface area contributed by atoms with Crippen LogP contribution in [0.2, 0.25) is 0 Å². The van der Waals surface area contributed by atoms with Crippen molar-refractivity contribution in [3.63, 3.8) is 0 Å². The van der Waals surface area contributed by atoms with E-state index in [0.717, 1.165) is 17.1 Å². The summed E-state index contributed by atoms with van der Waals surface area (Å²) >= 11 is 4.45. The van der Waals surface area contributed by atoms with Crippen LogP contribution in [0, 0.1) is 0 Å². The van der Waals surface area contributed by atoms with E-state index in [1.54, 1.807) is 0 Å². The number of hydrogen-bond donors (Lipinski definition) is 1. The smallest absolute Gasteiger partial charge is 0.126 e. The highest BCUT2D eigenvalue weighted by Crippen LogP contribution is 2.23. The van der Waals surface area contributed by atoms with E-state index in [4.69, 9.17) is 4.74 Å². The summed E-state index contributed by atoms with van der Waals surface area (Å²) in [4.78, 5) is 0. The second-order valence-electron chi connectivity index (χ2n) is 4.64. The van der Waals surface area contributed by atoms with Crippen molar-refractivity contribution >= 4 is 18.7 Å². The Kier molecular flexibility index (Phi) is 5.75. The fourth-order valence-corrected chi connectivity index (χ4v) is 2.42. The fourth-order valence-electron chi connectivity index (χ4n) is 2.10. The van der Waals surface area contributed by atoms with Crippen LogP contribution in [0.4, 0.5) is 0 Å². The van der Waals surface area contributed by atoms with Gasteiger partial charge in [-0.25, -0.2) is 0 Å². The van der Waals surface area contributed by atoms with Crippen molar-refractivity contribution < 1.29 is 4.74 Å². The Labute approximate surface area is 126 Å². The highest BCUT2D eigenvalue weighted by molar-refractivity contribution is 7.80. The van der Waals surface area contributed by atoms with Gasteiger partial charge in [0.15, 0.2) is 0 Å². The van der Waals surface area contributed by atoms with Crippen molar-refractivity contribution in [2.75, 3.05) is 12.4 Å². The second-order valence-corrected chi connectivity index (χ2v) is 5.00. The first kappa shape index (κ1) is 14.7. The minimum absolute atomic E-state index is 0.304. The van der Waals surface area contributed by atoms with Gasteiger partial charge in [-0.05, 0) is 18.6 Å². The summed E-state index contributed by atoms with van der Waals surface area (Å²) < 4.78 is 6.00. The zero-order valence-corrected chi connectivity index (χ0v) is 12.6. The summed E-state index contributed by atoms with van der Waals surface area (Å²) in [6, 6.07) is 18.5. The van der Waals surface area contributed by atoms with E-state index in [1.807, 2.05) is 37.3 Å². The maximum Gasteiger partial charge on any atom is 0.126 e. The Morgan fingerprint density at radius 3 is 2.45 bits per heavy atom. The van der Waals surface area contributed by atoms with Crippen LogP contribution >= 0.6 is 12.6 Å². The first-order chi connectivity index (χ1) is 9.85.